The van der Waals surface area contributed by atoms with Crippen molar-refractivity contribution < 1.29 is 0 Å². The van der Waals surface area contributed by atoms with Crippen LogP contribution in [0.4, 0.5) is 11.4 Å². The van der Waals surface area contributed by atoms with Crippen molar-refractivity contribution in [3.63, 3.8) is 0 Å². The monoisotopic (exact) mass is 283 g/mol. The predicted octanol–water partition coefficient (Wildman–Crippen LogP) is 3.56. The lowest BCUT2D eigenvalue weighted by atomic mass is 10.1. The van der Waals surface area contributed by atoms with Gasteiger partial charge < -0.3 is 10.6 Å². The predicted molar refractivity (Wildman–Crippen MR) is 87.4 cm³/mol. The van der Waals surface area contributed by atoms with E-state index in [4.69, 9.17) is 5.73 Å². The van der Waals surface area contributed by atoms with E-state index in [1.165, 1.54) is 10.6 Å². The Balaban J connectivity index is 1.88. The second kappa shape index (κ2) is 5.51. The average molecular weight is 283 g/mol. The van der Waals surface area contributed by atoms with Gasteiger partial charge in [0.2, 0.25) is 0 Å². The molecule has 0 unspecified atom stereocenters. The summed E-state index contributed by atoms with van der Waals surface area (Å²) in [5, 5.41) is 3.24. The van der Waals surface area contributed by atoms with Crippen LogP contribution in [0.1, 0.15) is 4.88 Å². The van der Waals surface area contributed by atoms with Gasteiger partial charge in [-0.2, -0.15) is 0 Å². The van der Waals surface area contributed by atoms with Crippen LogP contribution in [0.2, 0.25) is 0 Å². The summed E-state index contributed by atoms with van der Waals surface area (Å²) in [4.78, 5) is 8.06. The molecule has 2 N–H and O–H groups in total. The number of rotatable bonds is 4. The van der Waals surface area contributed by atoms with E-state index in [0.717, 1.165) is 29.6 Å². The first kappa shape index (κ1) is 12.9. The Labute approximate surface area is 122 Å². The topological polar surface area (TPSA) is 42.1 Å². The van der Waals surface area contributed by atoms with Crippen LogP contribution in [0.25, 0.3) is 10.9 Å². The highest BCUT2D eigenvalue weighted by Gasteiger charge is 2.09. The third kappa shape index (κ3) is 2.47. The van der Waals surface area contributed by atoms with Crippen LogP contribution in [-0.4, -0.2) is 18.6 Å². The van der Waals surface area contributed by atoms with E-state index in [1.807, 2.05) is 23.5 Å². The highest BCUT2D eigenvalue weighted by atomic mass is 32.1. The number of likely N-dealkylation sites (N-methyl/N-ethyl adjacent to an activating group) is 1. The molecule has 0 aliphatic carbocycles. The second-order valence-electron chi connectivity index (χ2n) is 4.82. The molecule has 1 aromatic carbocycles. The van der Waals surface area contributed by atoms with E-state index in [0.29, 0.717) is 0 Å². The van der Waals surface area contributed by atoms with Crippen LogP contribution in [0.15, 0.2) is 48.0 Å². The fourth-order valence-electron chi connectivity index (χ4n) is 2.37. The van der Waals surface area contributed by atoms with E-state index in [-0.39, 0.29) is 0 Å². The minimum atomic E-state index is 0.732. The molecule has 0 bridgehead atoms. The van der Waals surface area contributed by atoms with Crippen LogP contribution in [-0.2, 0) is 6.42 Å². The molecular formula is C16H17N3S. The summed E-state index contributed by atoms with van der Waals surface area (Å²) in [7, 11) is 2.12. The Hall–Kier alpha value is -2.07. The quantitative estimate of drug-likeness (QED) is 0.744. The number of benzene rings is 1. The smallest absolute Gasteiger partial charge is 0.0951 e. The third-order valence-electron chi connectivity index (χ3n) is 3.46. The Bertz CT molecular complexity index is 707. The van der Waals surface area contributed by atoms with Gasteiger partial charge in [-0.1, -0.05) is 6.07 Å². The SMILES string of the molecule is CN(CCc1cccs1)c1ccc(N)c2ncccc12. The van der Waals surface area contributed by atoms with Gasteiger partial charge in [-0.15, -0.1) is 11.3 Å². The Kier molecular flexibility index (Phi) is 3.56. The lowest BCUT2D eigenvalue weighted by Gasteiger charge is -2.21. The van der Waals surface area contributed by atoms with E-state index in [9.17, 15) is 0 Å². The molecule has 0 atom stereocenters. The molecule has 0 saturated carbocycles. The van der Waals surface area contributed by atoms with Gasteiger partial charge in [0.25, 0.3) is 0 Å². The Morgan fingerprint density at radius 2 is 2.10 bits per heavy atom. The fourth-order valence-corrected chi connectivity index (χ4v) is 3.06. The molecule has 102 valence electrons. The lowest BCUT2D eigenvalue weighted by Crippen LogP contribution is -2.20. The first-order chi connectivity index (χ1) is 9.75. The van der Waals surface area contributed by atoms with E-state index >= 15 is 0 Å². The van der Waals surface area contributed by atoms with Gasteiger partial charge in [0, 0.05) is 35.7 Å². The van der Waals surface area contributed by atoms with E-state index in [2.05, 4.69) is 46.6 Å². The summed E-state index contributed by atoms with van der Waals surface area (Å²) in [6.07, 6.45) is 2.84. The summed E-state index contributed by atoms with van der Waals surface area (Å²) in [5.74, 6) is 0. The molecular weight excluding hydrogens is 266 g/mol. The number of aromatic nitrogens is 1. The zero-order chi connectivity index (χ0) is 13.9. The maximum absolute atomic E-state index is 6.00. The Morgan fingerprint density at radius 1 is 1.20 bits per heavy atom. The van der Waals surface area contributed by atoms with Crippen molar-refractivity contribution in [1.82, 2.24) is 4.98 Å². The third-order valence-corrected chi connectivity index (χ3v) is 4.40. The number of hydrogen-bond acceptors (Lipinski definition) is 4. The van der Waals surface area contributed by atoms with E-state index < -0.39 is 0 Å². The van der Waals surface area contributed by atoms with Crippen molar-refractivity contribution in [2.24, 2.45) is 0 Å². The molecule has 0 saturated heterocycles. The molecule has 0 spiro atoms. The number of nitrogen functional groups attached to an aromatic ring is 1. The van der Waals surface area contributed by atoms with Crippen LogP contribution >= 0.6 is 11.3 Å². The summed E-state index contributed by atoms with van der Waals surface area (Å²) >= 11 is 1.81. The molecule has 3 aromatic rings. The van der Waals surface area contributed by atoms with Gasteiger partial charge in [0.05, 0.1) is 11.2 Å². The van der Waals surface area contributed by atoms with Gasteiger partial charge in [-0.25, -0.2) is 0 Å². The molecule has 0 aliphatic rings. The molecule has 4 heteroatoms. The maximum atomic E-state index is 6.00. The number of anilines is 2. The van der Waals surface area contributed by atoms with Gasteiger partial charge in [0.15, 0.2) is 0 Å². The minimum Gasteiger partial charge on any atom is -0.397 e. The van der Waals surface area contributed by atoms with Crippen LogP contribution in [0.5, 0.6) is 0 Å². The largest absolute Gasteiger partial charge is 0.397 e. The number of thiophene rings is 1. The first-order valence-corrected chi connectivity index (χ1v) is 7.50. The summed E-state index contributed by atoms with van der Waals surface area (Å²) in [6.45, 7) is 0.981. The van der Waals surface area contributed by atoms with Crippen LogP contribution in [0.3, 0.4) is 0 Å². The van der Waals surface area contributed by atoms with Gasteiger partial charge in [-0.3, -0.25) is 4.98 Å². The molecule has 0 fully saturated rings. The van der Waals surface area contributed by atoms with Gasteiger partial charge >= 0.3 is 0 Å². The first-order valence-electron chi connectivity index (χ1n) is 6.62. The molecule has 0 aliphatic heterocycles. The van der Waals surface area contributed by atoms with Gasteiger partial charge in [-0.05, 0) is 42.1 Å². The molecule has 3 nitrogen and oxygen atoms in total. The van der Waals surface area contributed by atoms with Crippen molar-refractivity contribution in [2.45, 2.75) is 6.42 Å². The molecule has 0 amide bonds. The van der Waals surface area contributed by atoms with E-state index in [1.54, 1.807) is 6.20 Å². The molecule has 2 aromatic heterocycles. The van der Waals surface area contributed by atoms with Crippen LogP contribution < -0.4 is 10.6 Å². The highest BCUT2D eigenvalue weighted by molar-refractivity contribution is 7.09. The standard InChI is InChI=1S/C16H17N3S/c1-19(10-8-12-4-3-11-20-12)15-7-6-14(17)16-13(15)5-2-9-18-16/h2-7,9,11H,8,10,17H2,1H3. The zero-order valence-corrected chi connectivity index (χ0v) is 12.2. The zero-order valence-electron chi connectivity index (χ0n) is 11.4. The molecule has 2 heterocycles. The maximum Gasteiger partial charge on any atom is 0.0951 e. The molecule has 0 radical (unpaired) electrons. The van der Waals surface area contributed by atoms with Crippen molar-refractivity contribution >= 4 is 33.6 Å². The fraction of sp³-hybridized carbons (Fsp3) is 0.188. The summed E-state index contributed by atoms with van der Waals surface area (Å²) in [6, 6.07) is 12.3. The average Bonchev–Trinajstić information content (AvgIpc) is 2.99. The van der Waals surface area contributed by atoms with Crippen molar-refractivity contribution in [3.8, 4) is 0 Å². The minimum absolute atomic E-state index is 0.732. The number of pyridine rings is 1. The molecule has 20 heavy (non-hydrogen) atoms. The Morgan fingerprint density at radius 3 is 2.90 bits per heavy atom. The summed E-state index contributed by atoms with van der Waals surface area (Å²) in [5.41, 5.74) is 8.79. The number of nitrogens with zero attached hydrogens (tertiary/aromatic N) is 2. The lowest BCUT2D eigenvalue weighted by molar-refractivity contribution is 0.891. The highest BCUT2D eigenvalue weighted by Crippen LogP contribution is 2.28. The summed E-state index contributed by atoms with van der Waals surface area (Å²) < 4.78 is 0. The van der Waals surface area contributed by atoms with Gasteiger partial charge in [0.1, 0.15) is 0 Å². The second-order valence-corrected chi connectivity index (χ2v) is 5.86. The van der Waals surface area contributed by atoms with Crippen molar-refractivity contribution in [3.05, 3.63) is 52.9 Å². The van der Waals surface area contributed by atoms with Crippen molar-refractivity contribution in [1.29, 1.82) is 0 Å². The number of hydrogen-bond donors (Lipinski definition) is 1. The molecule has 3 rings (SSSR count). The van der Waals surface area contributed by atoms with Crippen molar-refractivity contribution in [2.75, 3.05) is 24.2 Å². The van der Waals surface area contributed by atoms with Crippen LogP contribution in [0, 0.1) is 0 Å². The normalized spacial score (nSPS) is 10.8. The number of fused-ring (bicyclic) bond motifs is 1. The number of nitrogens with two attached hydrogens (primary N) is 1.